The molecular formula is C25H40N4O7. The molecule has 0 heterocycles. The number of hydrogen-bond acceptors (Lipinski definition) is 7. The minimum Gasteiger partial charge on any atom is -0.508 e. The lowest BCUT2D eigenvalue weighted by atomic mass is 10.0. The highest BCUT2D eigenvalue weighted by Crippen LogP contribution is 2.25. The van der Waals surface area contributed by atoms with Gasteiger partial charge in [-0.1, -0.05) is 25.5 Å². The highest BCUT2D eigenvalue weighted by atomic mass is 16.6. The summed E-state index contributed by atoms with van der Waals surface area (Å²) in [5.41, 5.74) is 4.82. The number of nitrogens with one attached hydrogen (secondary N) is 2. The van der Waals surface area contributed by atoms with Gasteiger partial charge in [0.1, 0.15) is 23.4 Å². The van der Waals surface area contributed by atoms with Crippen LogP contribution >= 0.6 is 0 Å². The molecule has 36 heavy (non-hydrogen) atoms. The summed E-state index contributed by atoms with van der Waals surface area (Å²) in [7, 11) is 0. The molecular weight excluding hydrogens is 468 g/mol. The fourth-order valence-electron chi connectivity index (χ4n) is 3.62. The first-order valence-electron chi connectivity index (χ1n) is 12.1. The number of carbonyl (C=O) groups excluding carboxylic acids is 4. The number of alkyl carbamates (subject to hydrolysis) is 1. The van der Waals surface area contributed by atoms with E-state index in [1.54, 1.807) is 20.8 Å². The highest BCUT2D eigenvalue weighted by Gasteiger charge is 2.36. The van der Waals surface area contributed by atoms with E-state index < -0.39 is 48.1 Å². The van der Waals surface area contributed by atoms with Crippen molar-refractivity contribution in [3.8, 4) is 5.75 Å². The van der Waals surface area contributed by atoms with Crippen molar-refractivity contribution in [2.75, 3.05) is 13.2 Å². The van der Waals surface area contributed by atoms with E-state index in [2.05, 4.69) is 10.6 Å². The van der Waals surface area contributed by atoms with Crippen LogP contribution in [-0.2, 0) is 19.1 Å². The lowest BCUT2D eigenvalue weighted by Crippen LogP contribution is -2.54. The first-order chi connectivity index (χ1) is 16.8. The SMILES string of the molecule is CCCC(C)NC(=O)C(c1ccc(O)cc1)N(CCO)C(=O)C(CCC(N)=O)NC(=O)OC(C)(C)C. The Morgan fingerprint density at radius 1 is 1.08 bits per heavy atom. The fraction of sp³-hybridized carbons (Fsp3) is 0.600. The second-order valence-electron chi connectivity index (χ2n) is 9.65. The standard InChI is InChI=1S/C25H40N4O7/c1-6-7-16(2)27-22(33)21(17-8-10-18(31)11-9-17)29(14-15-30)23(34)19(12-13-20(26)32)28-24(35)36-25(3,4)5/h8-11,16,19,21,30-31H,6-7,12-15H2,1-5H3,(H2,26,32)(H,27,33)(H,28,35). The average molecular weight is 509 g/mol. The normalized spacial score (nSPS) is 13.7. The van der Waals surface area contributed by atoms with Crippen molar-refractivity contribution in [3.63, 3.8) is 0 Å². The number of benzene rings is 1. The van der Waals surface area contributed by atoms with Gasteiger partial charge in [-0.2, -0.15) is 0 Å². The van der Waals surface area contributed by atoms with Gasteiger partial charge in [0.05, 0.1) is 6.61 Å². The van der Waals surface area contributed by atoms with Crippen molar-refractivity contribution in [3.05, 3.63) is 29.8 Å². The van der Waals surface area contributed by atoms with Crippen LogP contribution in [0.25, 0.3) is 0 Å². The van der Waals surface area contributed by atoms with Crippen LogP contribution in [0, 0.1) is 0 Å². The van der Waals surface area contributed by atoms with Crippen molar-refractivity contribution in [2.24, 2.45) is 5.73 Å². The zero-order chi connectivity index (χ0) is 27.5. The zero-order valence-corrected chi connectivity index (χ0v) is 21.7. The molecule has 1 aromatic rings. The largest absolute Gasteiger partial charge is 0.508 e. The first kappa shape index (κ1) is 30.7. The molecule has 202 valence electrons. The van der Waals surface area contributed by atoms with Crippen molar-refractivity contribution in [1.29, 1.82) is 0 Å². The maximum absolute atomic E-state index is 13.7. The second-order valence-corrected chi connectivity index (χ2v) is 9.65. The second kappa shape index (κ2) is 14.3. The molecule has 0 spiro atoms. The summed E-state index contributed by atoms with van der Waals surface area (Å²) < 4.78 is 5.26. The monoisotopic (exact) mass is 508 g/mol. The third-order valence-corrected chi connectivity index (χ3v) is 5.17. The fourth-order valence-corrected chi connectivity index (χ4v) is 3.62. The van der Waals surface area contributed by atoms with Crippen LogP contribution in [0.15, 0.2) is 24.3 Å². The summed E-state index contributed by atoms with van der Waals surface area (Å²) in [5, 5.41) is 24.8. The Hall–Kier alpha value is -3.34. The van der Waals surface area contributed by atoms with E-state index in [1.165, 1.54) is 24.3 Å². The lowest BCUT2D eigenvalue weighted by Gasteiger charge is -2.34. The number of hydrogen-bond donors (Lipinski definition) is 5. The van der Waals surface area contributed by atoms with E-state index in [0.717, 1.165) is 11.3 Å². The van der Waals surface area contributed by atoms with Gasteiger partial charge in [-0.3, -0.25) is 14.4 Å². The van der Waals surface area contributed by atoms with Crippen LogP contribution in [0.4, 0.5) is 4.79 Å². The van der Waals surface area contributed by atoms with Crippen LogP contribution in [0.2, 0.25) is 0 Å². The van der Waals surface area contributed by atoms with E-state index in [-0.39, 0.29) is 31.2 Å². The van der Waals surface area contributed by atoms with Gasteiger partial charge >= 0.3 is 6.09 Å². The summed E-state index contributed by atoms with van der Waals surface area (Å²) in [6, 6.07) is 3.16. The quantitative estimate of drug-likeness (QED) is 0.270. The Bertz CT molecular complexity index is 883. The van der Waals surface area contributed by atoms with Gasteiger partial charge in [0, 0.05) is 19.0 Å². The maximum Gasteiger partial charge on any atom is 0.408 e. The number of amides is 4. The zero-order valence-electron chi connectivity index (χ0n) is 21.7. The first-order valence-corrected chi connectivity index (χ1v) is 12.1. The van der Waals surface area contributed by atoms with Crippen LogP contribution in [0.5, 0.6) is 5.75 Å². The molecule has 3 unspecified atom stereocenters. The van der Waals surface area contributed by atoms with Gasteiger partial charge in [0.25, 0.3) is 0 Å². The minimum atomic E-state index is -1.25. The molecule has 1 rings (SSSR count). The number of phenols is 1. The molecule has 0 aliphatic heterocycles. The van der Waals surface area contributed by atoms with Gasteiger partial charge in [-0.25, -0.2) is 4.79 Å². The lowest BCUT2D eigenvalue weighted by molar-refractivity contribution is -0.143. The van der Waals surface area contributed by atoms with Gasteiger partial charge < -0.3 is 36.2 Å². The molecule has 1 aromatic carbocycles. The van der Waals surface area contributed by atoms with Crippen LogP contribution in [0.1, 0.15) is 71.9 Å². The Kier molecular flexibility index (Phi) is 12.2. The van der Waals surface area contributed by atoms with Gasteiger partial charge in [0.15, 0.2) is 0 Å². The number of nitrogens with two attached hydrogens (primary N) is 1. The predicted molar refractivity (Wildman–Crippen MR) is 134 cm³/mol. The summed E-state index contributed by atoms with van der Waals surface area (Å²) in [6.45, 7) is 8.10. The van der Waals surface area contributed by atoms with Crippen LogP contribution in [-0.4, -0.2) is 69.8 Å². The molecule has 3 atom stereocenters. The maximum atomic E-state index is 13.7. The molecule has 0 saturated heterocycles. The molecule has 0 saturated carbocycles. The van der Waals surface area contributed by atoms with E-state index in [1.807, 2.05) is 13.8 Å². The number of rotatable bonds is 13. The summed E-state index contributed by atoms with van der Waals surface area (Å²) in [6.07, 6.45) is 0.327. The van der Waals surface area contributed by atoms with Crippen molar-refractivity contribution in [2.45, 2.75) is 84.0 Å². The number of phenolic OH excluding ortho intramolecular Hbond substituents is 1. The molecule has 0 fully saturated rings. The molecule has 0 aromatic heterocycles. The molecule has 4 amide bonds. The Morgan fingerprint density at radius 2 is 1.69 bits per heavy atom. The van der Waals surface area contributed by atoms with Crippen LogP contribution < -0.4 is 16.4 Å². The number of aliphatic hydroxyl groups is 1. The molecule has 0 aliphatic rings. The predicted octanol–water partition coefficient (Wildman–Crippen LogP) is 1.72. The molecule has 0 aliphatic carbocycles. The van der Waals surface area contributed by atoms with Crippen molar-refractivity contribution >= 4 is 23.8 Å². The molecule has 11 heteroatoms. The summed E-state index contributed by atoms with van der Waals surface area (Å²) in [4.78, 5) is 52.1. The molecule has 6 N–H and O–H groups in total. The van der Waals surface area contributed by atoms with Gasteiger partial charge in [-0.15, -0.1) is 0 Å². The minimum absolute atomic E-state index is 0.0248. The highest BCUT2D eigenvalue weighted by molar-refractivity contribution is 5.92. The van der Waals surface area contributed by atoms with Crippen molar-refractivity contribution < 1.29 is 34.1 Å². The smallest absolute Gasteiger partial charge is 0.408 e. The Morgan fingerprint density at radius 3 is 2.19 bits per heavy atom. The number of aliphatic hydroxyl groups excluding tert-OH is 1. The topological polar surface area (TPSA) is 171 Å². The number of ether oxygens (including phenoxy) is 1. The average Bonchev–Trinajstić information content (AvgIpc) is 2.75. The molecule has 11 nitrogen and oxygen atoms in total. The van der Waals surface area contributed by atoms with Gasteiger partial charge in [0.2, 0.25) is 17.7 Å². The number of aromatic hydroxyl groups is 1. The Balaban J connectivity index is 3.41. The molecule has 0 bridgehead atoms. The molecule has 0 radical (unpaired) electrons. The van der Waals surface area contributed by atoms with E-state index in [4.69, 9.17) is 10.5 Å². The third kappa shape index (κ3) is 10.5. The summed E-state index contributed by atoms with van der Waals surface area (Å²) in [5.74, 6) is -1.89. The van der Waals surface area contributed by atoms with E-state index in [0.29, 0.717) is 12.0 Å². The van der Waals surface area contributed by atoms with E-state index >= 15 is 0 Å². The number of nitrogens with zero attached hydrogens (tertiary/aromatic N) is 1. The third-order valence-electron chi connectivity index (χ3n) is 5.17. The number of carbonyl (C=O) groups is 4. The van der Waals surface area contributed by atoms with E-state index in [9.17, 15) is 29.4 Å². The Labute approximate surface area is 212 Å². The summed E-state index contributed by atoms with van der Waals surface area (Å²) >= 11 is 0. The van der Waals surface area contributed by atoms with Gasteiger partial charge in [-0.05, 0) is 58.2 Å². The van der Waals surface area contributed by atoms with Crippen LogP contribution in [0.3, 0.4) is 0 Å². The van der Waals surface area contributed by atoms with Crippen molar-refractivity contribution in [1.82, 2.24) is 15.5 Å². The number of primary amides is 1.